The topological polar surface area (TPSA) is 78.6 Å². The summed E-state index contributed by atoms with van der Waals surface area (Å²) in [5, 5.41) is 0. The number of nitrogens with two attached hydrogens (primary N) is 1. The van der Waals surface area contributed by atoms with Crippen molar-refractivity contribution in [2.75, 3.05) is 12.3 Å². The van der Waals surface area contributed by atoms with Gasteiger partial charge in [-0.25, -0.2) is 4.39 Å². The Bertz CT molecular complexity index is 603. The average molecular weight is 301 g/mol. The van der Waals surface area contributed by atoms with E-state index in [0.717, 1.165) is 6.42 Å². The van der Waals surface area contributed by atoms with Crippen LogP contribution < -0.4 is 5.73 Å². The van der Waals surface area contributed by atoms with E-state index < -0.39 is 28.5 Å². The van der Waals surface area contributed by atoms with Crippen LogP contribution in [-0.2, 0) is 19.0 Å². The Morgan fingerprint density at radius 3 is 2.60 bits per heavy atom. The van der Waals surface area contributed by atoms with Crippen molar-refractivity contribution in [3.05, 3.63) is 24.3 Å². The molecule has 2 N–H and O–H groups in total. The zero-order chi connectivity index (χ0) is 14.4. The molecule has 3 rings (SSSR count). The Morgan fingerprint density at radius 2 is 2.05 bits per heavy atom. The number of hydrogen-bond donors (Lipinski definition) is 1. The smallest absolute Gasteiger partial charge is 0.297 e. The maximum absolute atomic E-state index is 14.6. The molecule has 0 spiro atoms. The molecular formula is C13H16FNO4S. The van der Waals surface area contributed by atoms with Gasteiger partial charge in [-0.2, -0.15) is 8.42 Å². The van der Waals surface area contributed by atoms with Crippen LogP contribution in [0.25, 0.3) is 0 Å². The van der Waals surface area contributed by atoms with E-state index in [2.05, 4.69) is 0 Å². The van der Waals surface area contributed by atoms with Crippen molar-refractivity contribution in [3.63, 3.8) is 0 Å². The van der Waals surface area contributed by atoms with Crippen molar-refractivity contribution in [1.29, 1.82) is 0 Å². The molecule has 3 atom stereocenters. The fraction of sp³-hybridized carbons (Fsp3) is 0.538. The van der Waals surface area contributed by atoms with Crippen LogP contribution in [0, 0.1) is 0 Å². The minimum absolute atomic E-state index is 0.0284. The van der Waals surface area contributed by atoms with Gasteiger partial charge >= 0.3 is 0 Å². The van der Waals surface area contributed by atoms with Gasteiger partial charge in [0, 0.05) is 12.1 Å². The number of rotatable bonds is 4. The van der Waals surface area contributed by atoms with Crippen molar-refractivity contribution in [3.8, 4) is 0 Å². The zero-order valence-electron chi connectivity index (χ0n) is 10.8. The third-order valence-corrected chi connectivity index (χ3v) is 5.15. The van der Waals surface area contributed by atoms with Crippen molar-refractivity contribution in [1.82, 2.24) is 0 Å². The Hall–Kier alpha value is -1.18. The Kier molecular flexibility index (Phi) is 3.23. The molecular weight excluding hydrogens is 285 g/mol. The first-order valence-electron chi connectivity index (χ1n) is 6.48. The third-order valence-electron chi connectivity index (χ3n) is 3.87. The van der Waals surface area contributed by atoms with Crippen LogP contribution >= 0.6 is 0 Å². The Labute approximate surface area is 117 Å². The molecule has 2 saturated heterocycles. The van der Waals surface area contributed by atoms with Gasteiger partial charge in [-0.1, -0.05) is 0 Å². The van der Waals surface area contributed by atoms with E-state index in [1.54, 1.807) is 0 Å². The van der Waals surface area contributed by atoms with Gasteiger partial charge in [0.1, 0.15) is 6.61 Å². The van der Waals surface area contributed by atoms with Crippen LogP contribution in [-0.4, -0.2) is 32.9 Å². The first kappa shape index (κ1) is 13.8. The molecule has 2 bridgehead atoms. The second kappa shape index (κ2) is 4.68. The number of ether oxygens (including phenoxy) is 1. The summed E-state index contributed by atoms with van der Waals surface area (Å²) >= 11 is 0. The summed E-state index contributed by atoms with van der Waals surface area (Å²) in [5.74, 6) is 0. The van der Waals surface area contributed by atoms with Crippen LogP contribution in [0.3, 0.4) is 0 Å². The van der Waals surface area contributed by atoms with E-state index in [9.17, 15) is 12.8 Å². The largest absolute Gasteiger partial charge is 0.399 e. The molecule has 2 heterocycles. The summed E-state index contributed by atoms with van der Waals surface area (Å²) in [6.07, 6.45) is 1.00. The third kappa shape index (κ3) is 2.41. The van der Waals surface area contributed by atoms with Gasteiger partial charge in [0.2, 0.25) is 0 Å². The molecule has 0 saturated carbocycles. The van der Waals surface area contributed by atoms with E-state index in [0.29, 0.717) is 12.1 Å². The maximum atomic E-state index is 14.6. The lowest BCUT2D eigenvalue weighted by atomic mass is 9.87. The van der Waals surface area contributed by atoms with E-state index >= 15 is 0 Å². The normalized spacial score (nSPS) is 32.6. The van der Waals surface area contributed by atoms with Crippen molar-refractivity contribution in [2.24, 2.45) is 0 Å². The van der Waals surface area contributed by atoms with E-state index in [4.69, 9.17) is 14.7 Å². The lowest BCUT2D eigenvalue weighted by Crippen LogP contribution is -2.40. The van der Waals surface area contributed by atoms with Gasteiger partial charge in [0.15, 0.2) is 5.67 Å². The summed E-state index contributed by atoms with van der Waals surface area (Å²) in [6, 6.07) is 5.60. The van der Waals surface area contributed by atoms with E-state index in [1.807, 2.05) is 0 Å². The highest BCUT2D eigenvalue weighted by Gasteiger charge is 2.54. The molecule has 1 aromatic rings. The summed E-state index contributed by atoms with van der Waals surface area (Å²) in [4.78, 5) is -0.0284. The molecule has 0 aliphatic carbocycles. The lowest BCUT2D eigenvalue weighted by Gasteiger charge is -2.26. The minimum atomic E-state index is -3.97. The second-order valence-corrected chi connectivity index (χ2v) is 6.96. The van der Waals surface area contributed by atoms with Crippen LogP contribution in [0.1, 0.15) is 19.3 Å². The summed E-state index contributed by atoms with van der Waals surface area (Å²) in [7, 11) is -3.97. The van der Waals surface area contributed by atoms with E-state index in [-0.39, 0.29) is 17.4 Å². The standard InChI is InChI=1S/C13H16FNO4S/c14-13(7-10-3-6-12(13)19-10)8-18-20(16,17)11-4-1-9(15)2-5-11/h1-2,4-5,10,12H,3,6-8,15H2/t10?,12-,13?/m1/s1. The molecule has 2 unspecified atom stereocenters. The molecule has 0 radical (unpaired) electrons. The van der Waals surface area contributed by atoms with Crippen LogP contribution in [0.5, 0.6) is 0 Å². The molecule has 5 nitrogen and oxygen atoms in total. The monoisotopic (exact) mass is 301 g/mol. The maximum Gasteiger partial charge on any atom is 0.297 e. The first-order valence-corrected chi connectivity index (χ1v) is 7.89. The molecule has 1 aromatic carbocycles. The average Bonchev–Trinajstić information content (AvgIpc) is 2.98. The summed E-state index contributed by atoms with van der Waals surface area (Å²) in [6.45, 7) is -0.499. The van der Waals surface area contributed by atoms with Crippen molar-refractivity contribution in [2.45, 2.75) is 42.0 Å². The van der Waals surface area contributed by atoms with Crippen LogP contribution in [0.4, 0.5) is 10.1 Å². The predicted molar refractivity (Wildman–Crippen MR) is 70.3 cm³/mol. The Balaban J connectivity index is 1.70. The number of benzene rings is 1. The number of anilines is 1. The molecule has 0 amide bonds. The molecule has 0 aromatic heterocycles. The molecule has 2 fully saturated rings. The van der Waals surface area contributed by atoms with Gasteiger partial charge < -0.3 is 10.5 Å². The van der Waals surface area contributed by atoms with Gasteiger partial charge in [-0.05, 0) is 37.1 Å². The summed E-state index contributed by atoms with van der Waals surface area (Å²) < 4.78 is 48.8. The molecule has 110 valence electrons. The van der Waals surface area contributed by atoms with Crippen molar-refractivity contribution >= 4 is 15.8 Å². The van der Waals surface area contributed by atoms with Crippen LogP contribution in [0.15, 0.2) is 29.2 Å². The molecule has 20 heavy (non-hydrogen) atoms. The highest BCUT2D eigenvalue weighted by molar-refractivity contribution is 7.86. The van der Waals surface area contributed by atoms with Gasteiger partial charge in [-0.15, -0.1) is 0 Å². The SMILES string of the molecule is Nc1ccc(S(=O)(=O)OCC2(F)CC3CC[C@H]2O3)cc1. The fourth-order valence-electron chi connectivity index (χ4n) is 2.78. The predicted octanol–water partition coefficient (Wildman–Crippen LogP) is 1.63. The number of alkyl halides is 1. The first-order chi connectivity index (χ1) is 9.39. The second-order valence-electron chi connectivity index (χ2n) is 5.35. The fourth-order valence-corrected chi connectivity index (χ4v) is 3.73. The minimum Gasteiger partial charge on any atom is -0.399 e. The highest BCUT2D eigenvalue weighted by Crippen LogP contribution is 2.44. The van der Waals surface area contributed by atoms with E-state index in [1.165, 1.54) is 24.3 Å². The number of nitrogen functional groups attached to an aromatic ring is 1. The van der Waals surface area contributed by atoms with Gasteiger partial charge in [-0.3, -0.25) is 4.18 Å². The molecule has 2 aliphatic rings. The van der Waals surface area contributed by atoms with Gasteiger partial charge in [0.25, 0.3) is 10.1 Å². The van der Waals surface area contributed by atoms with Crippen molar-refractivity contribution < 1.29 is 21.7 Å². The number of fused-ring (bicyclic) bond motifs is 2. The summed E-state index contributed by atoms with van der Waals surface area (Å²) in [5.41, 5.74) is 4.24. The quantitative estimate of drug-likeness (QED) is 0.675. The number of halogens is 1. The molecule has 2 aliphatic heterocycles. The van der Waals surface area contributed by atoms with Crippen LogP contribution in [0.2, 0.25) is 0 Å². The Morgan fingerprint density at radius 1 is 1.35 bits per heavy atom. The lowest BCUT2D eigenvalue weighted by molar-refractivity contribution is 0.00721. The highest BCUT2D eigenvalue weighted by atomic mass is 32.2. The van der Waals surface area contributed by atoms with Gasteiger partial charge in [0.05, 0.1) is 17.1 Å². The number of hydrogen-bond acceptors (Lipinski definition) is 5. The zero-order valence-corrected chi connectivity index (χ0v) is 11.6. The molecule has 7 heteroatoms.